The van der Waals surface area contributed by atoms with Crippen molar-refractivity contribution >= 4 is 15.9 Å². The summed E-state index contributed by atoms with van der Waals surface area (Å²) in [6.07, 6.45) is 4.88. The van der Waals surface area contributed by atoms with Gasteiger partial charge in [0.2, 0.25) is 17.6 Å². The van der Waals surface area contributed by atoms with Crippen molar-refractivity contribution in [1.82, 2.24) is 29.3 Å². The molecule has 1 atom stereocenters. The third kappa shape index (κ3) is 5.05. The number of carbonyl (C=O) groups is 1. The lowest BCUT2D eigenvalue weighted by atomic mass is 9.99. The number of aromatic nitrogens is 4. The fourth-order valence-electron chi connectivity index (χ4n) is 3.72. The maximum Gasteiger partial charge on any atom is 0.262 e. The van der Waals surface area contributed by atoms with Gasteiger partial charge in [-0.1, -0.05) is 35.5 Å². The molecule has 0 bridgehead atoms. The lowest BCUT2D eigenvalue weighted by Gasteiger charge is -2.21. The first-order valence-electron chi connectivity index (χ1n) is 10.6. The van der Waals surface area contributed by atoms with Crippen LogP contribution in [0.5, 0.6) is 0 Å². The highest BCUT2D eigenvalue weighted by Gasteiger charge is 2.28. The van der Waals surface area contributed by atoms with Crippen LogP contribution in [0.4, 0.5) is 0 Å². The Balaban J connectivity index is 1.51. The molecule has 3 heterocycles. The van der Waals surface area contributed by atoms with E-state index in [2.05, 4.69) is 20.4 Å². The minimum absolute atomic E-state index is 0.0174. The molecule has 0 aliphatic carbocycles. The zero-order valence-electron chi connectivity index (χ0n) is 17.8. The molecule has 10 nitrogen and oxygen atoms in total. The number of hydrogen-bond acceptors (Lipinski definition) is 7. The van der Waals surface area contributed by atoms with Crippen LogP contribution in [0.3, 0.4) is 0 Å². The quantitative estimate of drug-likeness (QED) is 0.634. The number of carbonyl (C=O) groups excluding carboxylic acids is 1. The lowest BCUT2D eigenvalue weighted by Crippen LogP contribution is -2.36. The molecule has 11 heteroatoms. The first-order valence-corrected chi connectivity index (χ1v) is 12.0. The molecule has 1 aliphatic heterocycles. The van der Waals surface area contributed by atoms with Gasteiger partial charge < -0.3 is 14.4 Å². The van der Waals surface area contributed by atoms with Gasteiger partial charge in [0.15, 0.2) is 5.03 Å². The molecule has 1 N–H and O–H groups in total. The maximum absolute atomic E-state index is 13.0. The SMILES string of the molecule is Cn1cnc(S(=O)(=O)N2CCCC(c3nc(-c4ccccc4)no3)CCNC(=O)CC2)c1. The zero-order chi connectivity index (χ0) is 22.6. The van der Waals surface area contributed by atoms with Crippen LogP contribution in [0.2, 0.25) is 0 Å². The molecule has 4 rings (SSSR count). The average molecular weight is 459 g/mol. The number of sulfonamides is 1. The van der Waals surface area contributed by atoms with E-state index in [1.54, 1.807) is 11.6 Å². The Bertz CT molecular complexity index is 1160. The van der Waals surface area contributed by atoms with Gasteiger partial charge in [0.25, 0.3) is 10.0 Å². The molecule has 1 fully saturated rings. The molecule has 1 unspecified atom stereocenters. The van der Waals surface area contributed by atoms with Crippen molar-refractivity contribution < 1.29 is 17.7 Å². The van der Waals surface area contributed by atoms with E-state index in [0.717, 1.165) is 5.56 Å². The summed E-state index contributed by atoms with van der Waals surface area (Å²) < 4.78 is 34.5. The van der Waals surface area contributed by atoms with E-state index in [1.807, 2.05) is 30.3 Å². The highest BCUT2D eigenvalue weighted by Crippen LogP contribution is 2.27. The second kappa shape index (κ2) is 9.61. The molecule has 170 valence electrons. The molecule has 1 saturated heterocycles. The third-order valence-corrected chi connectivity index (χ3v) is 7.26. The van der Waals surface area contributed by atoms with Crippen LogP contribution in [0, 0.1) is 0 Å². The van der Waals surface area contributed by atoms with Gasteiger partial charge in [-0.3, -0.25) is 4.79 Å². The Morgan fingerprint density at radius 2 is 1.97 bits per heavy atom. The summed E-state index contributed by atoms with van der Waals surface area (Å²) in [5.41, 5.74) is 0.861. The molecule has 3 aromatic rings. The smallest absolute Gasteiger partial charge is 0.262 e. The van der Waals surface area contributed by atoms with Gasteiger partial charge in [0.05, 0.1) is 6.33 Å². The summed E-state index contributed by atoms with van der Waals surface area (Å²) in [4.78, 5) is 20.8. The number of benzene rings is 1. The number of aryl methyl sites for hydroxylation is 1. The van der Waals surface area contributed by atoms with Crippen LogP contribution in [0.25, 0.3) is 11.4 Å². The monoisotopic (exact) mass is 458 g/mol. The van der Waals surface area contributed by atoms with Crippen molar-refractivity contribution in [3.8, 4) is 11.4 Å². The average Bonchev–Trinajstić information content (AvgIpc) is 3.44. The normalized spacial score (nSPS) is 19.3. The first-order chi connectivity index (χ1) is 15.4. The van der Waals surface area contributed by atoms with Gasteiger partial charge in [0.1, 0.15) is 0 Å². The van der Waals surface area contributed by atoms with E-state index in [1.165, 1.54) is 16.8 Å². The van der Waals surface area contributed by atoms with Crippen LogP contribution in [-0.2, 0) is 21.9 Å². The summed E-state index contributed by atoms with van der Waals surface area (Å²) in [7, 11) is -2.07. The van der Waals surface area contributed by atoms with E-state index in [0.29, 0.717) is 37.5 Å². The van der Waals surface area contributed by atoms with Gasteiger partial charge in [-0.25, -0.2) is 13.4 Å². The molecule has 1 amide bonds. The van der Waals surface area contributed by atoms with Gasteiger partial charge in [-0.05, 0) is 19.3 Å². The largest absolute Gasteiger partial charge is 0.356 e. The second-order valence-corrected chi connectivity index (χ2v) is 9.72. The van der Waals surface area contributed by atoms with E-state index >= 15 is 0 Å². The maximum atomic E-state index is 13.0. The van der Waals surface area contributed by atoms with Crippen LogP contribution < -0.4 is 5.32 Å². The molecular formula is C21H26N6O4S. The Hall–Kier alpha value is -3.05. The van der Waals surface area contributed by atoms with Gasteiger partial charge in [-0.15, -0.1) is 0 Å². The van der Waals surface area contributed by atoms with Crippen LogP contribution in [0.1, 0.15) is 37.5 Å². The molecule has 1 aliphatic rings. The van der Waals surface area contributed by atoms with Crippen LogP contribution in [0.15, 0.2) is 52.4 Å². The van der Waals surface area contributed by atoms with Crippen LogP contribution in [-0.4, -0.2) is 58.0 Å². The summed E-state index contributed by atoms with van der Waals surface area (Å²) in [6.45, 7) is 0.843. The van der Waals surface area contributed by atoms with Crippen molar-refractivity contribution in [2.45, 2.75) is 36.6 Å². The number of amides is 1. The topological polar surface area (TPSA) is 123 Å². The highest BCUT2D eigenvalue weighted by molar-refractivity contribution is 7.89. The summed E-state index contributed by atoms with van der Waals surface area (Å²) >= 11 is 0. The van der Waals surface area contributed by atoms with Crippen molar-refractivity contribution in [3.63, 3.8) is 0 Å². The van der Waals surface area contributed by atoms with Crippen molar-refractivity contribution in [3.05, 3.63) is 48.7 Å². The summed E-state index contributed by atoms with van der Waals surface area (Å²) in [5.74, 6) is 0.731. The number of nitrogens with zero attached hydrogens (tertiary/aromatic N) is 5. The second-order valence-electron chi connectivity index (χ2n) is 7.83. The minimum Gasteiger partial charge on any atom is -0.356 e. The highest BCUT2D eigenvalue weighted by atomic mass is 32.2. The molecule has 0 saturated carbocycles. The van der Waals surface area contributed by atoms with Gasteiger partial charge >= 0.3 is 0 Å². The molecule has 32 heavy (non-hydrogen) atoms. The Kier molecular flexibility index (Phi) is 6.66. The number of rotatable bonds is 4. The Morgan fingerprint density at radius 1 is 1.16 bits per heavy atom. The summed E-state index contributed by atoms with van der Waals surface area (Å²) in [6, 6.07) is 9.55. The van der Waals surface area contributed by atoms with Crippen LogP contribution >= 0.6 is 0 Å². The molecule has 0 spiro atoms. The van der Waals surface area contributed by atoms with E-state index in [-0.39, 0.29) is 36.4 Å². The van der Waals surface area contributed by atoms with Crippen molar-refractivity contribution in [1.29, 1.82) is 0 Å². The first kappa shape index (κ1) is 22.2. The fourth-order valence-corrected chi connectivity index (χ4v) is 5.16. The molecule has 1 aromatic carbocycles. The van der Waals surface area contributed by atoms with Crippen molar-refractivity contribution in [2.75, 3.05) is 19.6 Å². The number of imidazole rings is 1. The Labute approximate surface area is 186 Å². The molecular weight excluding hydrogens is 432 g/mol. The fraction of sp³-hybridized carbons (Fsp3) is 0.429. The van der Waals surface area contributed by atoms with E-state index in [9.17, 15) is 13.2 Å². The van der Waals surface area contributed by atoms with Gasteiger partial charge in [0, 0.05) is 50.8 Å². The zero-order valence-corrected chi connectivity index (χ0v) is 18.7. The predicted octanol–water partition coefficient (Wildman–Crippen LogP) is 1.93. The minimum atomic E-state index is -3.79. The standard InChI is InChI=1S/C21H26N6O4S/c1-26-14-19(23-15-26)32(29,30)27-12-5-8-17(9-11-22-18(28)10-13-27)21-24-20(25-31-21)16-6-3-2-4-7-16/h2-4,6-7,14-15,17H,5,8-13H2,1H3,(H,22,28). The summed E-state index contributed by atoms with van der Waals surface area (Å²) in [5, 5.41) is 6.94. The van der Waals surface area contributed by atoms with Crippen molar-refractivity contribution in [2.24, 2.45) is 7.05 Å². The molecule has 0 radical (unpaired) electrons. The number of nitrogens with one attached hydrogen (secondary N) is 1. The Morgan fingerprint density at radius 3 is 2.72 bits per heavy atom. The van der Waals surface area contributed by atoms with Gasteiger partial charge in [-0.2, -0.15) is 9.29 Å². The predicted molar refractivity (Wildman–Crippen MR) is 116 cm³/mol. The third-order valence-electron chi connectivity index (χ3n) is 5.47. The lowest BCUT2D eigenvalue weighted by molar-refractivity contribution is -0.121. The number of hydrogen-bond donors (Lipinski definition) is 1. The van der Waals surface area contributed by atoms with E-state index in [4.69, 9.17) is 4.52 Å². The molecule has 2 aromatic heterocycles. The van der Waals surface area contributed by atoms with E-state index < -0.39 is 10.0 Å².